The fourth-order valence-electron chi connectivity index (χ4n) is 4.81. The molecule has 1 aromatic carbocycles. The van der Waals surface area contributed by atoms with E-state index >= 15 is 0 Å². The fourth-order valence-corrected chi connectivity index (χ4v) is 4.81. The Labute approximate surface area is 188 Å². The molecule has 1 aliphatic carbocycles. The second-order valence-corrected chi connectivity index (χ2v) is 9.75. The Morgan fingerprint density at radius 2 is 1.84 bits per heavy atom. The van der Waals surface area contributed by atoms with Crippen molar-refractivity contribution in [2.45, 2.75) is 77.7 Å². The molecule has 0 spiro atoms. The van der Waals surface area contributed by atoms with Gasteiger partial charge >= 0.3 is 0 Å². The zero-order valence-electron chi connectivity index (χ0n) is 19.8. The largest absolute Gasteiger partial charge is 0.494 e. The summed E-state index contributed by atoms with van der Waals surface area (Å²) in [6, 6.07) is 7.75. The molecule has 174 valence electrons. The molecule has 5 nitrogen and oxygen atoms in total. The number of ether oxygens (including phenoxy) is 2. The number of piperidine rings is 1. The van der Waals surface area contributed by atoms with Crippen LogP contribution in [0.25, 0.3) is 0 Å². The lowest BCUT2D eigenvalue weighted by Gasteiger charge is -2.38. The summed E-state index contributed by atoms with van der Waals surface area (Å²) in [7, 11) is 0. The molecule has 1 saturated carbocycles. The molecule has 2 aliphatic rings. The molecule has 0 bridgehead atoms. The number of benzene rings is 1. The highest BCUT2D eigenvalue weighted by atomic mass is 16.5. The van der Waals surface area contributed by atoms with Crippen LogP contribution in [-0.4, -0.2) is 49.3 Å². The van der Waals surface area contributed by atoms with E-state index < -0.39 is 5.60 Å². The van der Waals surface area contributed by atoms with Gasteiger partial charge in [0.15, 0.2) is 0 Å². The van der Waals surface area contributed by atoms with Crippen LogP contribution in [0.15, 0.2) is 24.3 Å². The Hall–Kier alpha value is -1.59. The van der Waals surface area contributed by atoms with Crippen LogP contribution in [0.5, 0.6) is 5.75 Å². The highest BCUT2D eigenvalue weighted by Crippen LogP contribution is 2.36. The number of rotatable bonds is 10. The van der Waals surface area contributed by atoms with Crippen molar-refractivity contribution < 1.29 is 14.3 Å². The van der Waals surface area contributed by atoms with Gasteiger partial charge in [0.25, 0.3) is 5.91 Å². The van der Waals surface area contributed by atoms with E-state index in [-0.39, 0.29) is 5.91 Å². The van der Waals surface area contributed by atoms with Crippen molar-refractivity contribution in [3.63, 3.8) is 0 Å². The highest BCUT2D eigenvalue weighted by Gasteiger charge is 2.42. The first kappa shape index (κ1) is 24.1. The van der Waals surface area contributed by atoms with Gasteiger partial charge in [-0.15, -0.1) is 0 Å². The molecular weight excluding hydrogens is 388 g/mol. The van der Waals surface area contributed by atoms with Gasteiger partial charge in [0, 0.05) is 25.4 Å². The average molecular weight is 431 g/mol. The monoisotopic (exact) mass is 430 g/mol. The SMILES string of the molecule is CCCOC1(C(=O)Nc2ccc(OCCCN3CCCC(C)C3)cc2)CCC(C)CC1. The van der Waals surface area contributed by atoms with Gasteiger partial charge in [0.1, 0.15) is 11.4 Å². The minimum atomic E-state index is -0.677. The third kappa shape index (κ3) is 7.21. The smallest absolute Gasteiger partial charge is 0.256 e. The Kier molecular flexibility index (Phi) is 9.21. The molecule has 1 aliphatic heterocycles. The van der Waals surface area contributed by atoms with Gasteiger partial charge in [0.2, 0.25) is 0 Å². The molecule has 0 radical (unpaired) electrons. The molecule has 1 heterocycles. The van der Waals surface area contributed by atoms with Gasteiger partial charge in [-0.3, -0.25) is 4.79 Å². The van der Waals surface area contributed by atoms with E-state index in [1.807, 2.05) is 24.3 Å². The van der Waals surface area contributed by atoms with Crippen molar-refractivity contribution in [2.24, 2.45) is 11.8 Å². The Balaban J connectivity index is 1.45. The van der Waals surface area contributed by atoms with Crippen LogP contribution in [0.4, 0.5) is 5.69 Å². The van der Waals surface area contributed by atoms with Crippen LogP contribution in [0, 0.1) is 11.8 Å². The number of hydrogen-bond donors (Lipinski definition) is 1. The second kappa shape index (κ2) is 11.9. The van der Waals surface area contributed by atoms with Gasteiger partial charge in [-0.05, 0) is 94.0 Å². The second-order valence-electron chi connectivity index (χ2n) is 9.75. The molecule has 31 heavy (non-hydrogen) atoms. The number of nitrogens with one attached hydrogen (secondary N) is 1. The summed E-state index contributed by atoms with van der Waals surface area (Å²) < 4.78 is 12.0. The Morgan fingerprint density at radius 1 is 1.10 bits per heavy atom. The Bertz CT molecular complexity index is 662. The maximum absolute atomic E-state index is 13.1. The average Bonchev–Trinajstić information content (AvgIpc) is 2.78. The lowest BCUT2D eigenvalue weighted by Crippen LogP contribution is -2.48. The van der Waals surface area contributed by atoms with Gasteiger partial charge in [0.05, 0.1) is 6.61 Å². The minimum Gasteiger partial charge on any atom is -0.494 e. The van der Waals surface area contributed by atoms with Crippen LogP contribution in [-0.2, 0) is 9.53 Å². The zero-order valence-corrected chi connectivity index (χ0v) is 19.8. The van der Waals surface area contributed by atoms with Gasteiger partial charge in [-0.2, -0.15) is 0 Å². The quantitative estimate of drug-likeness (QED) is 0.498. The minimum absolute atomic E-state index is 0.00252. The number of likely N-dealkylation sites (tertiary alicyclic amines) is 1. The molecule has 1 unspecified atom stereocenters. The molecule has 5 heteroatoms. The summed E-state index contributed by atoms with van der Waals surface area (Å²) in [4.78, 5) is 15.7. The number of carbonyl (C=O) groups excluding carboxylic acids is 1. The van der Waals surface area contributed by atoms with Crippen LogP contribution in [0.2, 0.25) is 0 Å². The predicted octanol–water partition coefficient (Wildman–Crippen LogP) is 5.50. The van der Waals surface area contributed by atoms with Gasteiger partial charge in [-0.1, -0.05) is 20.8 Å². The number of anilines is 1. The van der Waals surface area contributed by atoms with E-state index in [1.165, 1.54) is 25.9 Å². The lowest BCUT2D eigenvalue weighted by molar-refractivity contribution is -0.147. The third-order valence-electron chi connectivity index (χ3n) is 6.82. The van der Waals surface area contributed by atoms with Crippen molar-refractivity contribution in [3.05, 3.63) is 24.3 Å². The van der Waals surface area contributed by atoms with Crippen LogP contribution < -0.4 is 10.1 Å². The predicted molar refractivity (Wildman–Crippen MR) is 127 cm³/mol. The third-order valence-corrected chi connectivity index (χ3v) is 6.82. The molecule has 1 N–H and O–H groups in total. The van der Waals surface area contributed by atoms with Crippen LogP contribution >= 0.6 is 0 Å². The highest BCUT2D eigenvalue weighted by molar-refractivity contribution is 5.97. The van der Waals surface area contributed by atoms with Crippen molar-refractivity contribution in [1.82, 2.24) is 4.90 Å². The summed E-state index contributed by atoms with van der Waals surface area (Å²) in [6.45, 7) is 11.6. The first-order valence-corrected chi connectivity index (χ1v) is 12.4. The summed E-state index contributed by atoms with van der Waals surface area (Å²) >= 11 is 0. The molecule has 1 amide bonds. The van der Waals surface area contributed by atoms with E-state index in [2.05, 4.69) is 31.0 Å². The molecule has 1 atom stereocenters. The van der Waals surface area contributed by atoms with E-state index in [0.717, 1.165) is 69.0 Å². The number of hydrogen-bond acceptors (Lipinski definition) is 4. The Morgan fingerprint density at radius 3 is 2.52 bits per heavy atom. The van der Waals surface area contributed by atoms with Gasteiger partial charge < -0.3 is 19.7 Å². The summed E-state index contributed by atoms with van der Waals surface area (Å²) in [5.74, 6) is 2.34. The van der Waals surface area contributed by atoms with Crippen LogP contribution in [0.3, 0.4) is 0 Å². The van der Waals surface area contributed by atoms with E-state index in [1.54, 1.807) is 0 Å². The topological polar surface area (TPSA) is 50.8 Å². The first-order valence-electron chi connectivity index (χ1n) is 12.4. The zero-order chi connectivity index (χ0) is 22.1. The maximum atomic E-state index is 13.1. The maximum Gasteiger partial charge on any atom is 0.256 e. The molecule has 2 fully saturated rings. The lowest BCUT2D eigenvalue weighted by atomic mass is 9.78. The standard InChI is InChI=1S/C26H42N2O3/c1-4-18-31-26(14-12-21(2)13-15-26)25(29)27-23-8-10-24(11-9-23)30-19-6-17-28-16-5-7-22(3)20-28/h8-11,21-22H,4-7,12-20H2,1-3H3,(H,27,29). The molecule has 0 aromatic heterocycles. The van der Waals surface area contributed by atoms with Crippen molar-refractivity contribution in [3.8, 4) is 5.75 Å². The summed E-state index contributed by atoms with van der Waals surface area (Å²) in [6.07, 6.45) is 8.34. The van der Waals surface area contributed by atoms with Crippen molar-refractivity contribution >= 4 is 11.6 Å². The summed E-state index contributed by atoms with van der Waals surface area (Å²) in [5.41, 5.74) is 0.127. The van der Waals surface area contributed by atoms with Crippen LogP contribution in [0.1, 0.15) is 72.1 Å². The number of nitrogens with zero attached hydrogens (tertiary/aromatic N) is 1. The fraction of sp³-hybridized carbons (Fsp3) is 0.731. The normalized spacial score (nSPS) is 27.1. The van der Waals surface area contributed by atoms with Crippen molar-refractivity contribution in [1.29, 1.82) is 0 Å². The first-order chi connectivity index (χ1) is 15.0. The molecular formula is C26H42N2O3. The number of amides is 1. The van der Waals surface area contributed by atoms with Gasteiger partial charge in [-0.25, -0.2) is 0 Å². The summed E-state index contributed by atoms with van der Waals surface area (Å²) in [5, 5.41) is 3.09. The van der Waals surface area contributed by atoms with E-state index in [0.29, 0.717) is 12.5 Å². The van der Waals surface area contributed by atoms with Crippen molar-refractivity contribution in [2.75, 3.05) is 38.2 Å². The number of carbonyl (C=O) groups is 1. The molecule has 1 aromatic rings. The van der Waals surface area contributed by atoms with E-state index in [9.17, 15) is 4.79 Å². The molecule has 1 saturated heterocycles. The molecule has 3 rings (SSSR count). The van der Waals surface area contributed by atoms with E-state index in [4.69, 9.17) is 9.47 Å².